The van der Waals surface area contributed by atoms with Gasteiger partial charge in [0.05, 0.1) is 5.41 Å². The van der Waals surface area contributed by atoms with Gasteiger partial charge in [-0.2, -0.15) is 0 Å². The Bertz CT molecular complexity index is 239. The van der Waals surface area contributed by atoms with Crippen LogP contribution in [0, 0.1) is 5.41 Å². The Morgan fingerprint density at radius 3 is 2.13 bits per heavy atom. The zero-order chi connectivity index (χ0) is 11.7. The van der Waals surface area contributed by atoms with Crippen LogP contribution in [-0.4, -0.2) is 41.3 Å². The van der Waals surface area contributed by atoms with Crippen LogP contribution in [0.25, 0.3) is 0 Å². The van der Waals surface area contributed by atoms with Crippen molar-refractivity contribution in [2.75, 3.05) is 19.8 Å². The van der Waals surface area contributed by atoms with E-state index < -0.39 is 18.1 Å². The quantitative estimate of drug-likeness (QED) is 0.768. The highest BCUT2D eigenvalue weighted by molar-refractivity contribution is 5.75. The second kappa shape index (κ2) is 4.08. The molecule has 0 unspecified atom stereocenters. The number of alkyl halides is 1. The SMILES string of the molecule is CC(C)(C)N1CCC(CF)(C(=O)O)CC1. The summed E-state index contributed by atoms with van der Waals surface area (Å²) in [7, 11) is 0. The fourth-order valence-corrected chi connectivity index (χ4v) is 2.01. The van der Waals surface area contributed by atoms with Crippen molar-refractivity contribution in [3.63, 3.8) is 0 Å². The molecule has 1 aliphatic rings. The van der Waals surface area contributed by atoms with Crippen LogP contribution < -0.4 is 0 Å². The molecule has 0 bridgehead atoms. The highest BCUT2D eigenvalue weighted by Gasteiger charge is 2.43. The van der Waals surface area contributed by atoms with E-state index in [1.165, 1.54) is 0 Å². The van der Waals surface area contributed by atoms with E-state index in [0.29, 0.717) is 25.9 Å². The van der Waals surface area contributed by atoms with Crippen molar-refractivity contribution in [2.24, 2.45) is 5.41 Å². The van der Waals surface area contributed by atoms with Gasteiger partial charge < -0.3 is 5.11 Å². The molecule has 0 spiro atoms. The maximum Gasteiger partial charge on any atom is 0.312 e. The molecular formula is C11H20FNO2. The zero-order valence-electron chi connectivity index (χ0n) is 9.72. The van der Waals surface area contributed by atoms with Crippen LogP contribution in [0.5, 0.6) is 0 Å². The Labute approximate surface area is 90.3 Å². The zero-order valence-corrected chi connectivity index (χ0v) is 9.72. The van der Waals surface area contributed by atoms with E-state index in [4.69, 9.17) is 5.11 Å². The van der Waals surface area contributed by atoms with Crippen LogP contribution in [0.1, 0.15) is 33.6 Å². The number of likely N-dealkylation sites (tertiary alicyclic amines) is 1. The summed E-state index contributed by atoms with van der Waals surface area (Å²) in [5.74, 6) is -0.987. The first kappa shape index (κ1) is 12.4. The molecule has 1 aliphatic heterocycles. The van der Waals surface area contributed by atoms with Crippen LogP contribution in [0.3, 0.4) is 0 Å². The third kappa shape index (κ3) is 2.48. The maximum atomic E-state index is 12.8. The molecule has 1 rings (SSSR count). The standard InChI is InChI=1S/C11H20FNO2/c1-10(2,3)13-6-4-11(8-12,5-7-13)9(14)15/h4-8H2,1-3H3,(H,14,15). The van der Waals surface area contributed by atoms with Gasteiger partial charge in [0.25, 0.3) is 0 Å². The lowest BCUT2D eigenvalue weighted by atomic mass is 9.78. The van der Waals surface area contributed by atoms with Gasteiger partial charge in [0.15, 0.2) is 0 Å². The van der Waals surface area contributed by atoms with E-state index in [1.807, 2.05) is 0 Å². The summed E-state index contributed by atoms with van der Waals surface area (Å²) in [6, 6.07) is 0. The predicted octanol–water partition coefficient (Wildman–Crippen LogP) is 1.92. The van der Waals surface area contributed by atoms with E-state index in [-0.39, 0.29) is 5.54 Å². The van der Waals surface area contributed by atoms with Crippen molar-refractivity contribution in [3.05, 3.63) is 0 Å². The number of carbonyl (C=O) groups is 1. The number of carboxylic acid groups (broad SMARTS) is 1. The van der Waals surface area contributed by atoms with Crippen LogP contribution in [-0.2, 0) is 4.79 Å². The first-order chi connectivity index (χ1) is 6.82. The molecule has 0 aromatic rings. The largest absolute Gasteiger partial charge is 0.481 e. The highest BCUT2D eigenvalue weighted by atomic mass is 19.1. The van der Waals surface area contributed by atoms with E-state index in [9.17, 15) is 9.18 Å². The normalized spacial score (nSPS) is 22.7. The first-order valence-corrected chi connectivity index (χ1v) is 5.36. The number of aliphatic carboxylic acids is 1. The Hall–Kier alpha value is -0.640. The maximum absolute atomic E-state index is 12.8. The number of hydrogen-bond donors (Lipinski definition) is 1. The van der Waals surface area contributed by atoms with Crippen LogP contribution in [0.2, 0.25) is 0 Å². The van der Waals surface area contributed by atoms with Gasteiger partial charge in [0.2, 0.25) is 0 Å². The van der Waals surface area contributed by atoms with Gasteiger partial charge >= 0.3 is 5.97 Å². The lowest BCUT2D eigenvalue weighted by molar-refractivity contribution is -0.154. The van der Waals surface area contributed by atoms with Crippen LogP contribution >= 0.6 is 0 Å². The molecule has 15 heavy (non-hydrogen) atoms. The summed E-state index contributed by atoms with van der Waals surface area (Å²) in [5, 5.41) is 9.02. The molecule has 4 heteroatoms. The summed E-state index contributed by atoms with van der Waals surface area (Å²) in [6.07, 6.45) is 0.826. The minimum atomic E-state index is -1.12. The molecule has 0 radical (unpaired) electrons. The lowest BCUT2D eigenvalue weighted by Gasteiger charge is -2.43. The van der Waals surface area contributed by atoms with Gasteiger partial charge in [-0.1, -0.05) is 0 Å². The van der Waals surface area contributed by atoms with Gasteiger partial charge in [-0.25, -0.2) is 4.39 Å². The van der Waals surface area contributed by atoms with Crippen molar-refractivity contribution in [1.29, 1.82) is 0 Å². The molecule has 0 aromatic carbocycles. The van der Waals surface area contributed by atoms with Crippen molar-refractivity contribution in [2.45, 2.75) is 39.2 Å². The average Bonchev–Trinajstić information content (AvgIpc) is 2.16. The summed E-state index contributed by atoms with van der Waals surface area (Å²) in [6.45, 7) is 6.86. The molecule has 1 N–H and O–H groups in total. The number of nitrogens with zero attached hydrogens (tertiary/aromatic N) is 1. The summed E-state index contributed by atoms with van der Waals surface area (Å²) in [4.78, 5) is 13.2. The molecule has 3 nitrogen and oxygen atoms in total. The number of carboxylic acids is 1. The predicted molar refractivity (Wildman–Crippen MR) is 56.6 cm³/mol. The molecule has 1 saturated heterocycles. The number of piperidine rings is 1. The van der Waals surface area contributed by atoms with Gasteiger partial charge in [-0.3, -0.25) is 9.69 Å². The number of halogens is 1. The lowest BCUT2D eigenvalue weighted by Crippen LogP contribution is -2.51. The molecule has 0 atom stereocenters. The van der Waals surface area contributed by atoms with Crippen molar-refractivity contribution in [3.8, 4) is 0 Å². The fourth-order valence-electron chi connectivity index (χ4n) is 2.01. The van der Waals surface area contributed by atoms with Gasteiger partial charge in [-0.15, -0.1) is 0 Å². The fraction of sp³-hybridized carbons (Fsp3) is 0.909. The molecule has 0 amide bonds. The van der Waals surface area contributed by atoms with Gasteiger partial charge in [-0.05, 0) is 46.7 Å². The Morgan fingerprint density at radius 2 is 1.87 bits per heavy atom. The molecule has 1 heterocycles. The molecule has 0 saturated carbocycles. The van der Waals surface area contributed by atoms with Crippen molar-refractivity contribution >= 4 is 5.97 Å². The topological polar surface area (TPSA) is 40.5 Å². The van der Waals surface area contributed by atoms with Gasteiger partial charge in [0, 0.05) is 5.54 Å². The molecule has 88 valence electrons. The monoisotopic (exact) mass is 217 g/mol. The Balaban J connectivity index is 2.65. The van der Waals surface area contributed by atoms with Crippen molar-refractivity contribution in [1.82, 2.24) is 4.90 Å². The second-order valence-corrected chi connectivity index (χ2v) is 5.38. The Kier molecular flexibility index (Phi) is 3.38. The smallest absolute Gasteiger partial charge is 0.312 e. The second-order valence-electron chi connectivity index (χ2n) is 5.38. The van der Waals surface area contributed by atoms with Gasteiger partial charge in [0.1, 0.15) is 6.67 Å². The summed E-state index contributed by atoms with van der Waals surface area (Å²) < 4.78 is 12.8. The highest BCUT2D eigenvalue weighted by Crippen LogP contribution is 2.34. The van der Waals surface area contributed by atoms with E-state index >= 15 is 0 Å². The van der Waals surface area contributed by atoms with E-state index in [0.717, 1.165) is 0 Å². The minimum absolute atomic E-state index is 0.0426. The first-order valence-electron chi connectivity index (χ1n) is 5.36. The van der Waals surface area contributed by atoms with Crippen LogP contribution in [0.15, 0.2) is 0 Å². The summed E-state index contributed by atoms with van der Waals surface area (Å²) in [5.41, 5.74) is -1.08. The number of hydrogen-bond acceptors (Lipinski definition) is 2. The molecule has 0 aromatic heterocycles. The molecule has 0 aliphatic carbocycles. The average molecular weight is 217 g/mol. The molecule has 1 fully saturated rings. The third-order valence-corrected chi connectivity index (χ3v) is 3.38. The van der Waals surface area contributed by atoms with E-state index in [2.05, 4.69) is 25.7 Å². The number of rotatable bonds is 2. The molecular weight excluding hydrogens is 197 g/mol. The Morgan fingerprint density at radius 1 is 1.40 bits per heavy atom. The third-order valence-electron chi connectivity index (χ3n) is 3.38. The van der Waals surface area contributed by atoms with Crippen molar-refractivity contribution < 1.29 is 14.3 Å². The van der Waals surface area contributed by atoms with E-state index in [1.54, 1.807) is 0 Å². The summed E-state index contributed by atoms with van der Waals surface area (Å²) >= 11 is 0. The van der Waals surface area contributed by atoms with Crippen LogP contribution in [0.4, 0.5) is 4.39 Å². The minimum Gasteiger partial charge on any atom is -0.481 e.